The van der Waals surface area contributed by atoms with Crippen LogP contribution in [-0.4, -0.2) is 0 Å². The van der Waals surface area contributed by atoms with Crippen LogP contribution in [0.1, 0.15) is 11.1 Å². The van der Waals surface area contributed by atoms with Gasteiger partial charge in [-0.1, -0.05) is 6.07 Å². The average molecular weight is 242 g/mol. The van der Waals surface area contributed by atoms with Crippen molar-refractivity contribution in [3.63, 3.8) is 0 Å². The van der Waals surface area contributed by atoms with Crippen LogP contribution in [0, 0.1) is 24.1 Å². The van der Waals surface area contributed by atoms with Gasteiger partial charge in [-0.2, -0.15) is 5.26 Å². The molecule has 0 atom stereocenters. The maximum absolute atomic E-state index is 12.9. The number of rotatable bonds is 2. The van der Waals surface area contributed by atoms with Gasteiger partial charge in [-0.05, 0) is 36.8 Å². The van der Waals surface area contributed by atoms with E-state index in [0.717, 1.165) is 5.56 Å². The second-order valence-electron chi connectivity index (χ2n) is 3.90. The molecule has 2 aromatic rings. The molecule has 0 amide bonds. The Kier molecular flexibility index (Phi) is 3.16. The van der Waals surface area contributed by atoms with Crippen molar-refractivity contribution in [3.8, 4) is 17.6 Å². The largest absolute Gasteiger partial charge is 0.454 e. The third kappa shape index (κ3) is 2.41. The van der Waals surface area contributed by atoms with Crippen LogP contribution in [0.2, 0.25) is 0 Å². The molecule has 0 saturated carbocycles. The van der Waals surface area contributed by atoms with E-state index in [4.69, 9.17) is 15.7 Å². The van der Waals surface area contributed by atoms with E-state index in [-0.39, 0.29) is 5.69 Å². The van der Waals surface area contributed by atoms with Crippen LogP contribution in [0.5, 0.6) is 11.5 Å². The number of hydrogen-bond acceptors (Lipinski definition) is 3. The van der Waals surface area contributed by atoms with E-state index in [2.05, 4.69) is 0 Å². The molecule has 0 radical (unpaired) electrons. The average Bonchev–Trinajstić information content (AvgIpc) is 2.33. The molecule has 0 aliphatic heterocycles. The standard InChI is InChI=1S/C14H11FN2O/c1-9-2-3-10(8-16)14(6-9)18-13-5-4-11(15)7-12(13)17/h2-7H,17H2,1H3. The van der Waals surface area contributed by atoms with Crippen molar-refractivity contribution in [2.45, 2.75) is 6.92 Å². The number of aryl methyl sites for hydroxylation is 1. The minimum atomic E-state index is -0.426. The van der Waals surface area contributed by atoms with Crippen molar-refractivity contribution in [3.05, 3.63) is 53.3 Å². The van der Waals surface area contributed by atoms with Crippen molar-refractivity contribution in [2.24, 2.45) is 0 Å². The van der Waals surface area contributed by atoms with Crippen LogP contribution < -0.4 is 10.5 Å². The van der Waals surface area contributed by atoms with Crippen molar-refractivity contribution < 1.29 is 9.13 Å². The Hall–Kier alpha value is -2.54. The minimum Gasteiger partial charge on any atom is -0.454 e. The first kappa shape index (κ1) is 11.9. The van der Waals surface area contributed by atoms with E-state index in [1.807, 2.05) is 19.1 Å². The number of ether oxygens (including phenoxy) is 1. The maximum Gasteiger partial charge on any atom is 0.150 e. The Balaban J connectivity index is 2.40. The molecular weight excluding hydrogens is 231 g/mol. The fourth-order valence-electron chi connectivity index (χ4n) is 1.54. The monoisotopic (exact) mass is 242 g/mol. The van der Waals surface area contributed by atoms with E-state index in [0.29, 0.717) is 17.1 Å². The zero-order valence-corrected chi connectivity index (χ0v) is 9.77. The Morgan fingerprint density at radius 3 is 2.61 bits per heavy atom. The highest BCUT2D eigenvalue weighted by molar-refractivity contribution is 5.56. The molecule has 18 heavy (non-hydrogen) atoms. The van der Waals surface area contributed by atoms with E-state index >= 15 is 0 Å². The van der Waals surface area contributed by atoms with Crippen LogP contribution in [0.25, 0.3) is 0 Å². The molecule has 2 N–H and O–H groups in total. The normalized spacial score (nSPS) is 9.83. The molecule has 2 aromatic carbocycles. The van der Waals surface area contributed by atoms with E-state index in [1.165, 1.54) is 18.2 Å². The van der Waals surface area contributed by atoms with Crippen LogP contribution in [0.15, 0.2) is 36.4 Å². The SMILES string of the molecule is Cc1ccc(C#N)c(Oc2ccc(F)cc2N)c1. The molecule has 3 nitrogen and oxygen atoms in total. The molecule has 4 heteroatoms. The number of nitrogens with zero attached hydrogens (tertiary/aromatic N) is 1. The summed E-state index contributed by atoms with van der Waals surface area (Å²) in [4.78, 5) is 0. The second kappa shape index (κ2) is 4.76. The minimum absolute atomic E-state index is 0.195. The lowest BCUT2D eigenvalue weighted by atomic mass is 10.1. The highest BCUT2D eigenvalue weighted by Gasteiger charge is 2.08. The number of benzene rings is 2. The van der Waals surface area contributed by atoms with Gasteiger partial charge in [-0.15, -0.1) is 0 Å². The predicted molar refractivity (Wildman–Crippen MR) is 66.8 cm³/mol. The van der Waals surface area contributed by atoms with Crippen LogP contribution >= 0.6 is 0 Å². The highest BCUT2D eigenvalue weighted by atomic mass is 19.1. The van der Waals surface area contributed by atoms with E-state index < -0.39 is 5.82 Å². The molecule has 90 valence electrons. The molecule has 0 aliphatic rings. The molecule has 0 aliphatic carbocycles. The predicted octanol–water partition coefficient (Wildman–Crippen LogP) is 3.38. The number of nitrogen functional groups attached to an aromatic ring is 1. The molecule has 0 saturated heterocycles. The molecule has 0 spiro atoms. The summed E-state index contributed by atoms with van der Waals surface area (Å²) in [6.07, 6.45) is 0. The Morgan fingerprint density at radius 2 is 1.94 bits per heavy atom. The van der Waals surface area contributed by atoms with Crippen LogP contribution in [-0.2, 0) is 0 Å². The summed E-state index contributed by atoms with van der Waals surface area (Å²) in [6, 6.07) is 11.1. The van der Waals surface area contributed by atoms with Gasteiger partial charge < -0.3 is 10.5 Å². The third-order valence-electron chi connectivity index (χ3n) is 2.45. The van der Waals surface area contributed by atoms with Crippen LogP contribution in [0.4, 0.5) is 10.1 Å². The summed E-state index contributed by atoms with van der Waals surface area (Å²) in [7, 11) is 0. The first-order valence-corrected chi connectivity index (χ1v) is 5.34. The molecule has 0 heterocycles. The number of halogens is 1. The van der Waals surface area contributed by atoms with Gasteiger partial charge in [0.25, 0.3) is 0 Å². The molecule has 0 unspecified atom stereocenters. The van der Waals surface area contributed by atoms with Crippen molar-refractivity contribution in [2.75, 3.05) is 5.73 Å². The number of nitriles is 1. The summed E-state index contributed by atoms with van der Waals surface area (Å²) in [5.74, 6) is 0.318. The van der Waals surface area contributed by atoms with Gasteiger partial charge >= 0.3 is 0 Å². The summed E-state index contributed by atoms with van der Waals surface area (Å²) in [5, 5.41) is 8.98. The molecule has 0 fully saturated rings. The first-order chi connectivity index (χ1) is 8.60. The lowest BCUT2D eigenvalue weighted by Gasteiger charge is -2.10. The summed E-state index contributed by atoms with van der Waals surface area (Å²) >= 11 is 0. The lowest BCUT2D eigenvalue weighted by molar-refractivity contribution is 0.481. The van der Waals surface area contributed by atoms with E-state index in [1.54, 1.807) is 12.1 Å². The fraction of sp³-hybridized carbons (Fsp3) is 0.0714. The number of anilines is 1. The van der Waals surface area contributed by atoms with Gasteiger partial charge in [0.2, 0.25) is 0 Å². The van der Waals surface area contributed by atoms with Gasteiger partial charge in [0.15, 0.2) is 5.75 Å². The van der Waals surface area contributed by atoms with Gasteiger partial charge in [-0.3, -0.25) is 0 Å². The third-order valence-corrected chi connectivity index (χ3v) is 2.45. The zero-order valence-electron chi connectivity index (χ0n) is 9.77. The Bertz CT molecular complexity index is 632. The van der Waals surface area contributed by atoms with Crippen LogP contribution in [0.3, 0.4) is 0 Å². The van der Waals surface area contributed by atoms with E-state index in [9.17, 15) is 4.39 Å². The zero-order chi connectivity index (χ0) is 13.1. The summed E-state index contributed by atoms with van der Waals surface area (Å²) in [5.41, 5.74) is 7.22. The molecule has 2 rings (SSSR count). The van der Waals surface area contributed by atoms with Gasteiger partial charge in [0.1, 0.15) is 17.6 Å². The highest BCUT2D eigenvalue weighted by Crippen LogP contribution is 2.30. The maximum atomic E-state index is 12.9. The Morgan fingerprint density at radius 1 is 1.17 bits per heavy atom. The fourth-order valence-corrected chi connectivity index (χ4v) is 1.54. The summed E-state index contributed by atoms with van der Waals surface area (Å²) < 4.78 is 18.5. The van der Waals surface area contributed by atoms with Crippen molar-refractivity contribution >= 4 is 5.69 Å². The summed E-state index contributed by atoms with van der Waals surface area (Å²) in [6.45, 7) is 1.89. The van der Waals surface area contributed by atoms with Gasteiger partial charge in [0.05, 0.1) is 11.3 Å². The molecular formula is C14H11FN2O. The van der Waals surface area contributed by atoms with Gasteiger partial charge in [0, 0.05) is 6.07 Å². The number of hydrogen-bond donors (Lipinski definition) is 1. The van der Waals surface area contributed by atoms with Gasteiger partial charge in [-0.25, -0.2) is 4.39 Å². The molecule has 0 bridgehead atoms. The lowest BCUT2D eigenvalue weighted by Crippen LogP contribution is -1.95. The second-order valence-corrected chi connectivity index (χ2v) is 3.90. The molecule has 0 aromatic heterocycles. The number of nitrogens with two attached hydrogens (primary N) is 1. The van der Waals surface area contributed by atoms with Crippen molar-refractivity contribution in [1.29, 1.82) is 5.26 Å². The smallest absolute Gasteiger partial charge is 0.150 e. The first-order valence-electron chi connectivity index (χ1n) is 5.34. The topological polar surface area (TPSA) is 59.0 Å². The van der Waals surface area contributed by atoms with Crippen molar-refractivity contribution in [1.82, 2.24) is 0 Å². The quantitative estimate of drug-likeness (QED) is 0.821. The Labute approximate surface area is 104 Å².